The summed E-state index contributed by atoms with van der Waals surface area (Å²) in [6.45, 7) is 3.84. The van der Waals surface area contributed by atoms with Crippen molar-refractivity contribution in [2.24, 2.45) is 5.10 Å². The largest absolute Gasteiger partial charge is 0.496 e. The predicted octanol–water partition coefficient (Wildman–Crippen LogP) is 3.31. The van der Waals surface area contributed by atoms with Gasteiger partial charge in [0.25, 0.3) is 0 Å². The van der Waals surface area contributed by atoms with Gasteiger partial charge in [-0.2, -0.15) is 5.10 Å². The average molecular weight is 335 g/mol. The molecule has 0 aliphatic rings. The van der Waals surface area contributed by atoms with Crippen LogP contribution in [0.5, 0.6) is 5.75 Å². The first-order valence-electron chi connectivity index (χ1n) is 6.03. The summed E-state index contributed by atoms with van der Waals surface area (Å²) in [6, 6.07) is 7.62. The number of hydrogen-bond acceptors (Lipinski definition) is 5. The topological polar surface area (TPSA) is 59.4 Å². The minimum Gasteiger partial charge on any atom is -0.496 e. The summed E-state index contributed by atoms with van der Waals surface area (Å²) in [5.41, 5.74) is 5.57. The Morgan fingerprint density at radius 1 is 1.20 bits per heavy atom. The summed E-state index contributed by atoms with van der Waals surface area (Å²) < 4.78 is 6.05. The molecule has 1 aromatic heterocycles. The van der Waals surface area contributed by atoms with E-state index in [-0.39, 0.29) is 0 Å². The number of nitrogens with zero attached hydrogens (tertiary/aromatic N) is 3. The molecule has 0 radical (unpaired) electrons. The second-order valence-corrected chi connectivity index (χ2v) is 5.09. The quantitative estimate of drug-likeness (QED) is 0.688. The molecular weight excluding hydrogens is 320 g/mol. The molecule has 0 saturated carbocycles. The maximum Gasteiger partial charge on any atom is 0.243 e. The van der Waals surface area contributed by atoms with Crippen LogP contribution in [-0.2, 0) is 0 Å². The van der Waals surface area contributed by atoms with Crippen molar-refractivity contribution in [1.82, 2.24) is 9.97 Å². The Hall–Kier alpha value is -1.95. The van der Waals surface area contributed by atoms with Crippen LogP contribution in [0.3, 0.4) is 0 Å². The number of rotatable bonds is 4. The monoisotopic (exact) mass is 334 g/mol. The predicted molar refractivity (Wildman–Crippen MR) is 83.4 cm³/mol. The van der Waals surface area contributed by atoms with Crippen molar-refractivity contribution in [3.05, 3.63) is 45.7 Å². The van der Waals surface area contributed by atoms with E-state index < -0.39 is 0 Å². The third-order valence-electron chi connectivity index (χ3n) is 2.54. The van der Waals surface area contributed by atoms with Crippen LogP contribution in [0, 0.1) is 13.8 Å². The van der Waals surface area contributed by atoms with Crippen LogP contribution in [0.2, 0.25) is 0 Å². The Morgan fingerprint density at radius 3 is 2.50 bits per heavy atom. The highest BCUT2D eigenvalue weighted by Crippen LogP contribution is 2.24. The molecule has 0 fully saturated rings. The summed E-state index contributed by atoms with van der Waals surface area (Å²) in [7, 11) is 1.63. The molecule has 2 aromatic rings. The molecule has 0 atom stereocenters. The maximum absolute atomic E-state index is 5.17. The molecule has 0 spiro atoms. The molecule has 2 rings (SSSR count). The molecule has 0 aliphatic heterocycles. The lowest BCUT2D eigenvalue weighted by Gasteiger charge is -2.03. The highest BCUT2D eigenvalue weighted by Gasteiger charge is 2.00. The van der Waals surface area contributed by atoms with Gasteiger partial charge in [0.05, 0.1) is 17.8 Å². The fourth-order valence-corrected chi connectivity index (χ4v) is 2.26. The van der Waals surface area contributed by atoms with Crippen LogP contribution in [0.25, 0.3) is 0 Å². The van der Waals surface area contributed by atoms with Crippen LogP contribution < -0.4 is 10.2 Å². The number of nitrogens with one attached hydrogen (secondary N) is 1. The van der Waals surface area contributed by atoms with Gasteiger partial charge in [-0.1, -0.05) is 0 Å². The third-order valence-corrected chi connectivity index (χ3v) is 3.16. The van der Waals surface area contributed by atoms with E-state index >= 15 is 0 Å². The van der Waals surface area contributed by atoms with E-state index in [9.17, 15) is 0 Å². The number of aryl methyl sites for hydroxylation is 2. The molecule has 104 valence electrons. The number of hydrazone groups is 1. The normalized spacial score (nSPS) is 10.8. The van der Waals surface area contributed by atoms with Crippen LogP contribution in [-0.4, -0.2) is 23.3 Å². The number of aromatic nitrogens is 2. The van der Waals surface area contributed by atoms with E-state index in [1.54, 1.807) is 13.3 Å². The Kier molecular flexibility index (Phi) is 4.68. The minimum atomic E-state index is 0.492. The number of ether oxygens (including phenoxy) is 1. The van der Waals surface area contributed by atoms with Gasteiger partial charge in [-0.15, -0.1) is 0 Å². The molecule has 1 heterocycles. The van der Waals surface area contributed by atoms with Gasteiger partial charge in [0.2, 0.25) is 5.95 Å². The van der Waals surface area contributed by atoms with Gasteiger partial charge in [0.1, 0.15) is 5.75 Å². The summed E-state index contributed by atoms with van der Waals surface area (Å²) in [6.07, 6.45) is 1.70. The number of anilines is 1. The molecule has 0 bridgehead atoms. The highest BCUT2D eigenvalue weighted by atomic mass is 79.9. The van der Waals surface area contributed by atoms with Gasteiger partial charge >= 0.3 is 0 Å². The van der Waals surface area contributed by atoms with Gasteiger partial charge < -0.3 is 4.74 Å². The zero-order valence-corrected chi connectivity index (χ0v) is 13.1. The summed E-state index contributed by atoms with van der Waals surface area (Å²) in [5.74, 6) is 1.28. The standard InChI is InChI=1S/C14H15BrN4O/c1-9-6-10(2)18-14(17-9)19-16-8-11-4-5-13(20-3)12(15)7-11/h4-8H,1-3H3,(H,17,18,19)/b16-8-. The molecule has 0 unspecified atom stereocenters. The van der Waals surface area contributed by atoms with Crippen molar-refractivity contribution in [3.63, 3.8) is 0 Å². The highest BCUT2D eigenvalue weighted by molar-refractivity contribution is 9.10. The van der Waals surface area contributed by atoms with E-state index in [2.05, 4.69) is 36.4 Å². The SMILES string of the molecule is COc1ccc(/C=N\Nc2nc(C)cc(C)n2)cc1Br. The molecule has 1 aromatic carbocycles. The van der Waals surface area contributed by atoms with Gasteiger partial charge in [0.15, 0.2) is 0 Å². The number of benzene rings is 1. The Morgan fingerprint density at radius 2 is 1.90 bits per heavy atom. The van der Waals surface area contributed by atoms with Gasteiger partial charge in [0, 0.05) is 11.4 Å². The molecule has 5 nitrogen and oxygen atoms in total. The number of halogens is 1. The molecule has 0 saturated heterocycles. The lowest BCUT2D eigenvalue weighted by molar-refractivity contribution is 0.412. The van der Waals surface area contributed by atoms with E-state index in [1.807, 2.05) is 38.1 Å². The first kappa shape index (κ1) is 14.5. The van der Waals surface area contributed by atoms with Crippen molar-refractivity contribution in [1.29, 1.82) is 0 Å². The third kappa shape index (κ3) is 3.77. The zero-order chi connectivity index (χ0) is 14.5. The van der Waals surface area contributed by atoms with Crippen molar-refractivity contribution in [2.45, 2.75) is 13.8 Å². The maximum atomic E-state index is 5.17. The Bertz CT molecular complexity index is 623. The van der Waals surface area contributed by atoms with Crippen molar-refractivity contribution < 1.29 is 4.74 Å². The second kappa shape index (κ2) is 6.47. The smallest absolute Gasteiger partial charge is 0.243 e. The fraction of sp³-hybridized carbons (Fsp3) is 0.214. The lowest BCUT2D eigenvalue weighted by atomic mass is 10.2. The molecule has 6 heteroatoms. The lowest BCUT2D eigenvalue weighted by Crippen LogP contribution is -1.99. The van der Waals surface area contributed by atoms with Crippen molar-refractivity contribution in [3.8, 4) is 5.75 Å². The summed E-state index contributed by atoms with van der Waals surface area (Å²) in [4.78, 5) is 8.49. The van der Waals surface area contributed by atoms with Crippen molar-refractivity contribution >= 4 is 28.1 Å². The first-order chi connectivity index (χ1) is 9.58. The fourth-order valence-electron chi connectivity index (χ4n) is 1.70. The van der Waals surface area contributed by atoms with Gasteiger partial charge in [-0.25, -0.2) is 15.4 Å². The molecule has 0 aliphatic carbocycles. The second-order valence-electron chi connectivity index (χ2n) is 4.24. The van der Waals surface area contributed by atoms with Crippen molar-refractivity contribution in [2.75, 3.05) is 12.5 Å². The summed E-state index contributed by atoms with van der Waals surface area (Å²) >= 11 is 3.43. The zero-order valence-electron chi connectivity index (χ0n) is 11.5. The van der Waals surface area contributed by atoms with Gasteiger partial charge in [-0.05, 0) is 59.6 Å². The van der Waals surface area contributed by atoms with E-state index in [0.717, 1.165) is 27.2 Å². The number of methoxy groups -OCH3 is 1. The number of hydrogen-bond donors (Lipinski definition) is 1. The Balaban J connectivity index is 2.08. The molecular formula is C14H15BrN4O. The van der Waals surface area contributed by atoms with E-state index in [0.29, 0.717) is 5.95 Å². The first-order valence-corrected chi connectivity index (χ1v) is 6.82. The van der Waals surface area contributed by atoms with E-state index in [1.165, 1.54) is 0 Å². The Labute approximate surface area is 126 Å². The summed E-state index contributed by atoms with van der Waals surface area (Å²) in [5, 5.41) is 4.13. The molecule has 0 amide bonds. The molecule has 20 heavy (non-hydrogen) atoms. The van der Waals surface area contributed by atoms with E-state index in [4.69, 9.17) is 4.74 Å². The van der Waals surface area contributed by atoms with Crippen LogP contribution in [0.15, 0.2) is 33.8 Å². The van der Waals surface area contributed by atoms with Crippen LogP contribution >= 0.6 is 15.9 Å². The van der Waals surface area contributed by atoms with Crippen LogP contribution in [0.4, 0.5) is 5.95 Å². The average Bonchev–Trinajstić information content (AvgIpc) is 2.38. The molecule has 1 N–H and O–H groups in total. The van der Waals surface area contributed by atoms with Gasteiger partial charge in [-0.3, -0.25) is 0 Å². The minimum absolute atomic E-state index is 0.492. The van der Waals surface area contributed by atoms with Crippen LogP contribution in [0.1, 0.15) is 17.0 Å².